The second-order valence-electron chi connectivity index (χ2n) is 8.26. The Bertz CT molecular complexity index is 1250. The maximum Gasteiger partial charge on any atom is 0.258 e. The molecule has 1 heterocycles. The quantitative estimate of drug-likeness (QED) is 0.622. The first-order chi connectivity index (χ1) is 16.5. The van der Waals surface area contributed by atoms with Gasteiger partial charge in [-0.05, 0) is 67.4 Å². The number of carbonyl (C=O) groups excluding carboxylic acids is 2. The van der Waals surface area contributed by atoms with E-state index in [1.165, 1.54) is 18.2 Å². The van der Waals surface area contributed by atoms with Gasteiger partial charge >= 0.3 is 0 Å². The predicted molar refractivity (Wildman–Crippen MR) is 129 cm³/mol. The molecule has 0 aromatic heterocycles. The zero-order chi connectivity index (χ0) is 24.1. The fourth-order valence-electron chi connectivity index (χ4n) is 4.03. The third kappa shape index (κ3) is 5.07. The average Bonchev–Trinajstić information content (AvgIpc) is 3.11. The summed E-state index contributed by atoms with van der Waals surface area (Å²) in [5.41, 5.74) is 3.34. The van der Waals surface area contributed by atoms with Crippen molar-refractivity contribution < 1.29 is 14.0 Å². The molecule has 1 fully saturated rings. The highest BCUT2D eigenvalue weighted by atomic mass is 19.1. The molecule has 4 rings (SSSR count). The number of nitriles is 1. The number of nitrogens with one attached hydrogen (secondary N) is 1. The number of anilines is 2. The van der Waals surface area contributed by atoms with Crippen molar-refractivity contribution >= 4 is 23.2 Å². The molecule has 3 aromatic carbocycles. The molecule has 0 bridgehead atoms. The van der Waals surface area contributed by atoms with Gasteiger partial charge in [-0.15, -0.1) is 0 Å². The molecule has 1 N–H and O–H groups in total. The Morgan fingerprint density at radius 1 is 0.971 bits per heavy atom. The summed E-state index contributed by atoms with van der Waals surface area (Å²) < 4.78 is 14.0. The highest BCUT2D eigenvalue weighted by molar-refractivity contribution is 6.05. The zero-order valence-corrected chi connectivity index (χ0v) is 18.9. The molecule has 6 nitrogen and oxygen atoms in total. The van der Waals surface area contributed by atoms with E-state index in [1.54, 1.807) is 36.4 Å². The van der Waals surface area contributed by atoms with Crippen molar-refractivity contribution in [3.05, 3.63) is 94.8 Å². The fraction of sp³-hybridized carbons (Fsp3) is 0.222. The van der Waals surface area contributed by atoms with E-state index in [0.29, 0.717) is 36.4 Å². The van der Waals surface area contributed by atoms with Gasteiger partial charge in [0, 0.05) is 43.1 Å². The van der Waals surface area contributed by atoms with Crippen LogP contribution in [0, 0.1) is 24.1 Å². The normalized spacial score (nSPS) is 13.7. The molecule has 1 saturated heterocycles. The molecule has 0 aliphatic carbocycles. The van der Waals surface area contributed by atoms with Crippen molar-refractivity contribution in [1.29, 1.82) is 5.26 Å². The van der Waals surface area contributed by atoms with Gasteiger partial charge in [-0.3, -0.25) is 9.59 Å². The first kappa shape index (κ1) is 23.0. The number of rotatable bonds is 4. The smallest absolute Gasteiger partial charge is 0.258 e. The van der Waals surface area contributed by atoms with Crippen LogP contribution in [0.2, 0.25) is 0 Å². The Morgan fingerprint density at radius 3 is 2.47 bits per heavy atom. The minimum absolute atomic E-state index is 0.0472. The lowest BCUT2D eigenvalue weighted by molar-refractivity contribution is 0.0766. The van der Waals surface area contributed by atoms with Gasteiger partial charge in [0.2, 0.25) is 0 Å². The minimum atomic E-state index is -0.596. The number of hydrogen-bond donors (Lipinski definition) is 1. The van der Waals surface area contributed by atoms with Gasteiger partial charge < -0.3 is 15.1 Å². The number of halogens is 1. The van der Waals surface area contributed by atoms with Crippen molar-refractivity contribution in [2.24, 2.45) is 0 Å². The molecule has 1 aliphatic rings. The van der Waals surface area contributed by atoms with Gasteiger partial charge in [0.05, 0.1) is 17.2 Å². The van der Waals surface area contributed by atoms with Crippen molar-refractivity contribution in [2.75, 3.05) is 36.4 Å². The maximum atomic E-state index is 14.0. The van der Waals surface area contributed by atoms with E-state index in [4.69, 9.17) is 5.26 Å². The molecular weight excluding hydrogens is 431 g/mol. The molecule has 0 spiro atoms. The average molecular weight is 457 g/mol. The highest BCUT2D eigenvalue weighted by Gasteiger charge is 2.22. The third-order valence-corrected chi connectivity index (χ3v) is 6.00. The van der Waals surface area contributed by atoms with Crippen LogP contribution in [-0.2, 0) is 0 Å². The van der Waals surface area contributed by atoms with Gasteiger partial charge in [-0.2, -0.15) is 5.26 Å². The number of hydrogen-bond acceptors (Lipinski definition) is 4. The number of amides is 2. The van der Waals surface area contributed by atoms with Gasteiger partial charge in [-0.25, -0.2) is 4.39 Å². The van der Waals surface area contributed by atoms with Crippen LogP contribution in [-0.4, -0.2) is 42.9 Å². The Morgan fingerprint density at radius 2 is 1.74 bits per heavy atom. The first-order valence-corrected chi connectivity index (χ1v) is 11.2. The van der Waals surface area contributed by atoms with Crippen molar-refractivity contribution in [2.45, 2.75) is 13.3 Å². The van der Waals surface area contributed by atoms with Crippen LogP contribution in [0.1, 0.15) is 38.3 Å². The lowest BCUT2D eigenvalue weighted by Gasteiger charge is -2.24. The lowest BCUT2D eigenvalue weighted by Crippen LogP contribution is -2.35. The van der Waals surface area contributed by atoms with Crippen LogP contribution < -0.4 is 10.2 Å². The maximum absolute atomic E-state index is 14.0. The van der Waals surface area contributed by atoms with Crippen LogP contribution in [0.3, 0.4) is 0 Å². The molecule has 34 heavy (non-hydrogen) atoms. The second kappa shape index (κ2) is 10.2. The van der Waals surface area contributed by atoms with E-state index in [0.717, 1.165) is 24.2 Å². The van der Waals surface area contributed by atoms with E-state index in [9.17, 15) is 14.0 Å². The molecular formula is C27H25FN4O2. The Hall–Kier alpha value is -4.18. The monoisotopic (exact) mass is 456 g/mol. The van der Waals surface area contributed by atoms with E-state index in [2.05, 4.69) is 16.3 Å². The molecule has 0 unspecified atom stereocenters. The van der Waals surface area contributed by atoms with Crippen LogP contribution in [0.5, 0.6) is 0 Å². The summed E-state index contributed by atoms with van der Waals surface area (Å²) in [7, 11) is 0. The second-order valence-corrected chi connectivity index (χ2v) is 8.26. The summed E-state index contributed by atoms with van der Waals surface area (Å²) in [6, 6.07) is 20.6. The number of nitrogens with zero attached hydrogens (tertiary/aromatic N) is 3. The predicted octanol–water partition coefficient (Wildman–Crippen LogP) is 4.61. The molecule has 2 amide bonds. The minimum Gasteiger partial charge on any atom is -0.370 e. The summed E-state index contributed by atoms with van der Waals surface area (Å²) in [6.45, 7) is 4.50. The van der Waals surface area contributed by atoms with Crippen LogP contribution in [0.4, 0.5) is 15.8 Å². The first-order valence-electron chi connectivity index (χ1n) is 11.2. The van der Waals surface area contributed by atoms with Gasteiger partial charge in [-0.1, -0.05) is 18.2 Å². The SMILES string of the molecule is Cc1ccc(C(=O)N2CCCN(c3ccc(C#N)cc3)CC2)cc1NC(=O)c1ccccc1F. The topological polar surface area (TPSA) is 76.4 Å². The zero-order valence-electron chi connectivity index (χ0n) is 18.9. The van der Waals surface area contributed by atoms with E-state index in [1.807, 2.05) is 24.0 Å². The van der Waals surface area contributed by atoms with E-state index >= 15 is 0 Å². The molecule has 0 radical (unpaired) electrons. The molecule has 0 saturated carbocycles. The lowest BCUT2D eigenvalue weighted by atomic mass is 10.1. The number of benzene rings is 3. The van der Waals surface area contributed by atoms with E-state index in [-0.39, 0.29) is 11.5 Å². The Labute approximate surface area is 198 Å². The standard InChI is InChI=1S/C27H25FN4O2/c1-19-7-10-21(17-25(19)30-26(33)23-5-2-3-6-24(23)28)27(34)32-14-4-13-31(15-16-32)22-11-8-20(18-29)9-12-22/h2-3,5-12,17H,4,13-16H2,1H3,(H,30,33). The Balaban J connectivity index is 1.46. The molecule has 172 valence electrons. The summed E-state index contributed by atoms with van der Waals surface area (Å²) >= 11 is 0. The highest BCUT2D eigenvalue weighted by Crippen LogP contribution is 2.22. The summed E-state index contributed by atoms with van der Waals surface area (Å²) in [5.74, 6) is -1.26. The number of carbonyl (C=O) groups is 2. The van der Waals surface area contributed by atoms with Gasteiger partial charge in [0.1, 0.15) is 5.82 Å². The third-order valence-electron chi connectivity index (χ3n) is 6.00. The van der Waals surface area contributed by atoms with Crippen molar-refractivity contribution in [3.63, 3.8) is 0 Å². The van der Waals surface area contributed by atoms with Gasteiger partial charge in [0.25, 0.3) is 11.8 Å². The largest absolute Gasteiger partial charge is 0.370 e. The molecule has 0 atom stereocenters. The van der Waals surface area contributed by atoms with E-state index < -0.39 is 11.7 Å². The van der Waals surface area contributed by atoms with Crippen molar-refractivity contribution in [1.82, 2.24) is 4.90 Å². The van der Waals surface area contributed by atoms with Gasteiger partial charge in [0.15, 0.2) is 0 Å². The number of aryl methyl sites for hydroxylation is 1. The molecule has 7 heteroatoms. The van der Waals surface area contributed by atoms with Crippen LogP contribution in [0.15, 0.2) is 66.7 Å². The molecule has 3 aromatic rings. The molecule has 1 aliphatic heterocycles. The summed E-state index contributed by atoms with van der Waals surface area (Å²) in [6.07, 6.45) is 0.814. The van der Waals surface area contributed by atoms with Crippen molar-refractivity contribution in [3.8, 4) is 6.07 Å². The summed E-state index contributed by atoms with van der Waals surface area (Å²) in [4.78, 5) is 29.8. The Kier molecular flexibility index (Phi) is 6.88. The van der Waals surface area contributed by atoms with Crippen LogP contribution in [0.25, 0.3) is 0 Å². The van der Waals surface area contributed by atoms with Crippen LogP contribution >= 0.6 is 0 Å². The summed E-state index contributed by atoms with van der Waals surface area (Å²) in [5, 5.41) is 11.7. The fourth-order valence-corrected chi connectivity index (χ4v) is 4.03.